The molecule has 1 amide bonds. The highest BCUT2D eigenvalue weighted by atomic mass is 32.1. The van der Waals surface area contributed by atoms with Crippen LogP contribution in [0.4, 0.5) is 5.88 Å². The van der Waals surface area contributed by atoms with E-state index in [2.05, 4.69) is 16.2 Å². The Labute approximate surface area is 154 Å². The van der Waals surface area contributed by atoms with E-state index in [1.165, 1.54) is 18.2 Å². The second kappa shape index (κ2) is 9.18. The highest BCUT2D eigenvalue weighted by Gasteiger charge is 2.10. The molecule has 2 aromatic rings. The summed E-state index contributed by atoms with van der Waals surface area (Å²) in [5.74, 6) is 0.0483. The SMILES string of the molecule is COc1ccc(CNC(=S)NNC(=O)/C=C/c2ccc([N+](=O)[O-])o2)cc1. The first-order valence-corrected chi connectivity index (χ1v) is 7.78. The molecular formula is C16H16N4O5S. The second-order valence-corrected chi connectivity index (χ2v) is 5.32. The normalized spacial score (nSPS) is 10.3. The van der Waals surface area contributed by atoms with E-state index in [4.69, 9.17) is 21.4 Å². The van der Waals surface area contributed by atoms with Crippen molar-refractivity contribution in [3.05, 3.63) is 63.9 Å². The first-order chi connectivity index (χ1) is 12.5. The Balaban J connectivity index is 1.72. The number of hydrazine groups is 1. The van der Waals surface area contributed by atoms with Gasteiger partial charge in [0.25, 0.3) is 5.91 Å². The smallest absolute Gasteiger partial charge is 0.433 e. The number of methoxy groups -OCH3 is 1. The van der Waals surface area contributed by atoms with Crippen LogP contribution in [-0.4, -0.2) is 23.1 Å². The van der Waals surface area contributed by atoms with Crippen LogP contribution in [0.1, 0.15) is 11.3 Å². The number of hydrogen-bond acceptors (Lipinski definition) is 6. The number of carbonyl (C=O) groups is 1. The van der Waals surface area contributed by atoms with Crippen LogP contribution in [0.5, 0.6) is 5.75 Å². The van der Waals surface area contributed by atoms with Gasteiger partial charge in [-0.15, -0.1) is 0 Å². The number of nitro groups is 1. The topological polar surface area (TPSA) is 119 Å². The van der Waals surface area contributed by atoms with Crippen molar-refractivity contribution in [2.75, 3.05) is 7.11 Å². The third kappa shape index (κ3) is 5.91. The van der Waals surface area contributed by atoms with Crippen molar-refractivity contribution in [2.45, 2.75) is 6.54 Å². The summed E-state index contributed by atoms with van der Waals surface area (Å²) < 4.78 is 9.97. The molecule has 2 rings (SSSR count). The van der Waals surface area contributed by atoms with E-state index in [1.54, 1.807) is 7.11 Å². The number of furan rings is 1. The van der Waals surface area contributed by atoms with Crippen molar-refractivity contribution in [2.24, 2.45) is 0 Å². The van der Waals surface area contributed by atoms with Gasteiger partial charge in [0, 0.05) is 12.6 Å². The first kappa shape index (κ1) is 18.9. The molecule has 0 atom stereocenters. The van der Waals surface area contributed by atoms with Gasteiger partial charge < -0.3 is 14.5 Å². The van der Waals surface area contributed by atoms with Crippen LogP contribution in [0.15, 0.2) is 46.9 Å². The minimum Gasteiger partial charge on any atom is -0.497 e. The molecular weight excluding hydrogens is 360 g/mol. The quantitative estimate of drug-likeness (QED) is 0.303. The molecule has 136 valence electrons. The Hall–Kier alpha value is -3.40. The molecule has 10 heteroatoms. The molecule has 0 aliphatic carbocycles. The number of amides is 1. The van der Waals surface area contributed by atoms with Gasteiger partial charge in [-0.1, -0.05) is 12.1 Å². The maximum atomic E-state index is 11.7. The summed E-state index contributed by atoms with van der Waals surface area (Å²) in [6.45, 7) is 0.470. The lowest BCUT2D eigenvalue weighted by atomic mass is 10.2. The van der Waals surface area contributed by atoms with Crippen molar-refractivity contribution in [3.63, 3.8) is 0 Å². The van der Waals surface area contributed by atoms with Gasteiger partial charge in [-0.05, 0) is 42.1 Å². The number of hydrogen-bond donors (Lipinski definition) is 3. The van der Waals surface area contributed by atoms with Gasteiger partial charge in [0.15, 0.2) is 5.11 Å². The van der Waals surface area contributed by atoms with E-state index in [-0.39, 0.29) is 10.9 Å². The van der Waals surface area contributed by atoms with Crippen LogP contribution >= 0.6 is 12.2 Å². The fourth-order valence-corrected chi connectivity index (χ4v) is 1.94. The van der Waals surface area contributed by atoms with Gasteiger partial charge in [-0.3, -0.25) is 25.8 Å². The molecule has 0 radical (unpaired) electrons. The van der Waals surface area contributed by atoms with Crippen LogP contribution in [0, 0.1) is 10.1 Å². The van der Waals surface area contributed by atoms with Gasteiger partial charge in [0.1, 0.15) is 16.4 Å². The minimum absolute atomic E-state index is 0.187. The number of rotatable bonds is 6. The Morgan fingerprint density at radius 2 is 2.00 bits per heavy atom. The summed E-state index contributed by atoms with van der Waals surface area (Å²) in [5, 5.41) is 13.7. The summed E-state index contributed by atoms with van der Waals surface area (Å²) in [6.07, 6.45) is 2.46. The Morgan fingerprint density at radius 1 is 1.27 bits per heavy atom. The lowest BCUT2D eigenvalue weighted by Gasteiger charge is -2.10. The zero-order valence-corrected chi connectivity index (χ0v) is 14.5. The molecule has 0 saturated carbocycles. The van der Waals surface area contributed by atoms with Gasteiger partial charge in [-0.25, -0.2) is 0 Å². The number of ether oxygens (including phenoxy) is 1. The summed E-state index contributed by atoms with van der Waals surface area (Å²) in [6, 6.07) is 10.0. The Bertz CT molecular complexity index is 816. The molecule has 9 nitrogen and oxygen atoms in total. The van der Waals surface area contributed by atoms with E-state index in [1.807, 2.05) is 24.3 Å². The number of nitrogens with one attached hydrogen (secondary N) is 3. The standard InChI is InChI=1S/C16H16N4O5S/c1-24-12-4-2-11(3-5-12)10-17-16(26)19-18-14(21)8-6-13-7-9-15(25-13)20(22)23/h2-9H,10H2,1H3,(H,18,21)(H2,17,19,26)/b8-6+. The average Bonchev–Trinajstić information content (AvgIpc) is 3.13. The minimum atomic E-state index is -0.661. The maximum Gasteiger partial charge on any atom is 0.433 e. The van der Waals surface area contributed by atoms with Crippen LogP contribution in [0.2, 0.25) is 0 Å². The second-order valence-electron chi connectivity index (χ2n) is 4.91. The van der Waals surface area contributed by atoms with E-state index in [9.17, 15) is 14.9 Å². The first-order valence-electron chi connectivity index (χ1n) is 7.37. The lowest BCUT2D eigenvalue weighted by molar-refractivity contribution is -0.402. The van der Waals surface area contributed by atoms with Crippen LogP contribution < -0.4 is 20.9 Å². The van der Waals surface area contributed by atoms with Crippen molar-refractivity contribution in [1.29, 1.82) is 0 Å². The average molecular weight is 376 g/mol. The number of carbonyl (C=O) groups excluding carboxylic acids is 1. The van der Waals surface area contributed by atoms with E-state index < -0.39 is 16.7 Å². The molecule has 3 N–H and O–H groups in total. The van der Waals surface area contributed by atoms with E-state index in [0.717, 1.165) is 17.4 Å². The van der Waals surface area contributed by atoms with Gasteiger partial charge in [0.05, 0.1) is 13.2 Å². The van der Waals surface area contributed by atoms with Crippen molar-refractivity contribution in [1.82, 2.24) is 16.2 Å². The number of benzene rings is 1. The Morgan fingerprint density at radius 3 is 2.62 bits per heavy atom. The zero-order chi connectivity index (χ0) is 18.9. The molecule has 0 bridgehead atoms. The van der Waals surface area contributed by atoms with Gasteiger partial charge in [-0.2, -0.15) is 0 Å². The van der Waals surface area contributed by atoms with Crippen molar-refractivity contribution in [3.8, 4) is 5.75 Å². The molecule has 1 aromatic carbocycles. The van der Waals surface area contributed by atoms with E-state index in [0.29, 0.717) is 6.54 Å². The molecule has 26 heavy (non-hydrogen) atoms. The number of thiocarbonyl (C=S) groups is 1. The predicted octanol–water partition coefficient (Wildman–Crippen LogP) is 1.91. The van der Waals surface area contributed by atoms with Gasteiger partial charge in [0.2, 0.25) is 0 Å². The fourth-order valence-electron chi connectivity index (χ4n) is 1.82. The molecule has 0 aliphatic rings. The molecule has 1 aromatic heterocycles. The summed E-state index contributed by atoms with van der Waals surface area (Å²) in [7, 11) is 1.59. The maximum absolute atomic E-state index is 11.7. The fraction of sp³-hybridized carbons (Fsp3) is 0.125. The monoisotopic (exact) mass is 376 g/mol. The summed E-state index contributed by atoms with van der Waals surface area (Å²) in [5.41, 5.74) is 5.89. The van der Waals surface area contributed by atoms with Crippen LogP contribution in [-0.2, 0) is 11.3 Å². The van der Waals surface area contributed by atoms with Crippen molar-refractivity contribution < 1.29 is 18.9 Å². The highest BCUT2D eigenvalue weighted by Crippen LogP contribution is 2.16. The Kier molecular flexibility index (Phi) is 6.68. The number of nitrogens with zero attached hydrogens (tertiary/aromatic N) is 1. The van der Waals surface area contributed by atoms with Crippen LogP contribution in [0.3, 0.4) is 0 Å². The summed E-state index contributed by atoms with van der Waals surface area (Å²) in [4.78, 5) is 21.5. The zero-order valence-electron chi connectivity index (χ0n) is 13.7. The highest BCUT2D eigenvalue weighted by molar-refractivity contribution is 7.80. The van der Waals surface area contributed by atoms with Crippen molar-refractivity contribution >= 4 is 35.2 Å². The molecule has 0 fully saturated rings. The predicted molar refractivity (Wildman–Crippen MR) is 98.1 cm³/mol. The lowest BCUT2D eigenvalue weighted by Crippen LogP contribution is -2.45. The molecule has 0 unspecified atom stereocenters. The summed E-state index contributed by atoms with van der Waals surface area (Å²) >= 11 is 5.05. The molecule has 0 aliphatic heterocycles. The third-order valence-corrected chi connectivity index (χ3v) is 3.35. The molecule has 0 saturated heterocycles. The largest absolute Gasteiger partial charge is 0.497 e. The van der Waals surface area contributed by atoms with E-state index >= 15 is 0 Å². The van der Waals surface area contributed by atoms with Gasteiger partial charge >= 0.3 is 5.88 Å². The van der Waals surface area contributed by atoms with Crippen LogP contribution in [0.25, 0.3) is 6.08 Å². The third-order valence-electron chi connectivity index (χ3n) is 3.10. The molecule has 0 spiro atoms. The molecule has 1 heterocycles.